The van der Waals surface area contributed by atoms with Gasteiger partial charge in [0.05, 0.1) is 11.9 Å². The largest absolute Gasteiger partial charge is 0.477 e. The van der Waals surface area contributed by atoms with E-state index in [0.29, 0.717) is 16.4 Å². The van der Waals surface area contributed by atoms with Gasteiger partial charge in [0.25, 0.3) is 0 Å². The lowest BCUT2D eigenvalue weighted by Gasteiger charge is -2.06. The Morgan fingerprint density at radius 2 is 2.05 bits per heavy atom. The van der Waals surface area contributed by atoms with Crippen molar-refractivity contribution in [2.24, 2.45) is 0 Å². The first-order valence-corrected chi connectivity index (χ1v) is 6.85. The summed E-state index contributed by atoms with van der Waals surface area (Å²) in [5.74, 6) is -1.04. The van der Waals surface area contributed by atoms with Crippen LogP contribution in [0, 0.1) is 0 Å². The van der Waals surface area contributed by atoms with E-state index in [1.807, 2.05) is 19.1 Å². The average Bonchev–Trinajstić information content (AvgIpc) is 2.89. The fourth-order valence-electron chi connectivity index (χ4n) is 2.18. The summed E-state index contributed by atoms with van der Waals surface area (Å²) in [6.07, 6.45) is 2.39. The van der Waals surface area contributed by atoms with Crippen LogP contribution in [0.2, 0.25) is 5.02 Å². The van der Waals surface area contributed by atoms with Crippen molar-refractivity contribution < 1.29 is 9.90 Å². The zero-order chi connectivity index (χ0) is 15.0. The Labute approximate surface area is 125 Å². The number of rotatable bonds is 3. The normalized spacial score (nSPS) is 11.0. The zero-order valence-electron chi connectivity index (χ0n) is 11.2. The van der Waals surface area contributed by atoms with Crippen molar-refractivity contribution in [3.05, 3.63) is 52.8 Å². The van der Waals surface area contributed by atoms with E-state index in [1.54, 1.807) is 18.3 Å². The van der Waals surface area contributed by atoms with Gasteiger partial charge in [0.1, 0.15) is 0 Å². The molecule has 0 atom stereocenters. The molecule has 6 heteroatoms. The van der Waals surface area contributed by atoms with Gasteiger partial charge in [-0.25, -0.2) is 14.3 Å². The lowest BCUT2D eigenvalue weighted by Crippen LogP contribution is -2.08. The van der Waals surface area contributed by atoms with Crippen molar-refractivity contribution >= 4 is 23.2 Å². The third kappa shape index (κ3) is 2.36. The molecule has 3 rings (SSSR count). The van der Waals surface area contributed by atoms with Gasteiger partial charge in [-0.2, -0.15) is 5.10 Å². The first-order chi connectivity index (χ1) is 10.1. The molecule has 3 aromatic rings. The molecule has 0 aliphatic carbocycles. The summed E-state index contributed by atoms with van der Waals surface area (Å²) in [6.45, 7) is 1.98. The van der Waals surface area contributed by atoms with E-state index < -0.39 is 5.97 Å². The maximum absolute atomic E-state index is 11.4. The summed E-state index contributed by atoms with van der Waals surface area (Å²) < 4.78 is 1.36. The van der Waals surface area contributed by atoms with E-state index >= 15 is 0 Å². The Bertz CT molecular complexity index is 825. The highest BCUT2D eigenvalue weighted by molar-refractivity contribution is 6.30. The number of aromatic nitrogens is 3. The van der Waals surface area contributed by atoms with Crippen molar-refractivity contribution in [3.8, 4) is 11.3 Å². The van der Waals surface area contributed by atoms with Crippen molar-refractivity contribution in [1.29, 1.82) is 0 Å². The van der Waals surface area contributed by atoms with Gasteiger partial charge in [0, 0.05) is 16.1 Å². The minimum absolute atomic E-state index is 0.0876. The monoisotopic (exact) mass is 301 g/mol. The molecular weight excluding hydrogens is 290 g/mol. The number of carboxylic acid groups (broad SMARTS) is 1. The first kappa shape index (κ1) is 13.6. The SMILES string of the molecule is CCc1cnn2c(C(=O)O)cc(-c3ccc(Cl)cc3)nc12. The quantitative estimate of drug-likeness (QED) is 0.806. The average molecular weight is 302 g/mol. The molecule has 0 aliphatic heterocycles. The number of hydrogen-bond donors (Lipinski definition) is 1. The van der Waals surface area contributed by atoms with Gasteiger partial charge in [-0.05, 0) is 24.6 Å². The van der Waals surface area contributed by atoms with Crippen molar-refractivity contribution in [1.82, 2.24) is 14.6 Å². The molecule has 1 N–H and O–H groups in total. The van der Waals surface area contributed by atoms with Gasteiger partial charge >= 0.3 is 5.97 Å². The van der Waals surface area contributed by atoms with Gasteiger partial charge in [0.2, 0.25) is 0 Å². The fraction of sp³-hybridized carbons (Fsp3) is 0.133. The van der Waals surface area contributed by atoms with Crippen molar-refractivity contribution in [2.75, 3.05) is 0 Å². The fourth-order valence-corrected chi connectivity index (χ4v) is 2.30. The van der Waals surface area contributed by atoms with Gasteiger partial charge in [-0.1, -0.05) is 30.7 Å². The second-order valence-corrected chi connectivity index (χ2v) is 5.03. The Morgan fingerprint density at radius 1 is 1.33 bits per heavy atom. The first-order valence-electron chi connectivity index (χ1n) is 6.47. The van der Waals surface area contributed by atoms with Crippen molar-refractivity contribution in [2.45, 2.75) is 13.3 Å². The van der Waals surface area contributed by atoms with Crippen LogP contribution in [-0.4, -0.2) is 25.7 Å². The number of hydrogen-bond acceptors (Lipinski definition) is 3. The molecular formula is C15H12ClN3O2. The third-order valence-corrected chi connectivity index (χ3v) is 3.54. The predicted molar refractivity (Wildman–Crippen MR) is 79.8 cm³/mol. The number of halogens is 1. The van der Waals surface area contributed by atoms with Gasteiger partial charge < -0.3 is 5.11 Å². The molecule has 21 heavy (non-hydrogen) atoms. The van der Waals surface area contributed by atoms with Crippen LogP contribution in [0.3, 0.4) is 0 Å². The number of carbonyl (C=O) groups is 1. The van der Waals surface area contributed by atoms with Crippen LogP contribution >= 0.6 is 11.6 Å². The maximum atomic E-state index is 11.4. The molecule has 0 amide bonds. The molecule has 0 fully saturated rings. The summed E-state index contributed by atoms with van der Waals surface area (Å²) in [5, 5.41) is 14.1. The molecule has 1 aromatic carbocycles. The molecule has 0 unspecified atom stereocenters. The van der Waals surface area contributed by atoms with Crippen LogP contribution in [-0.2, 0) is 6.42 Å². The highest BCUT2D eigenvalue weighted by Gasteiger charge is 2.16. The third-order valence-electron chi connectivity index (χ3n) is 3.28. The van der Waals surface area contributed by atoms with E-state index in [2.05, 4.69) is 10.1 Å². The second-order valence-electron chi connectivity index (χ2n) is 4.60. The minimum atomic E-state index is -1.04. The maximum Gasteiger partial charge on any atom is 0.354 e. The number of fused-ring (bicyclic) bond motifs is 1. The van der Waals surface area contributed by atoms with Crippen LogP contribution in [0.5, 0.6) is 0 Å². The number of nitrogens with zero attached hydrogens (tertiary/aromatic N) is 3. The van der Waals surface area contributed by atoms with Crippen LogP contribution in [0.1, 0.15) is 23.0 Å². The van der Waals surface area contributed by atoms with Crippen LogP contribution in [0.25, 0.3) is 16.9 Å². The zero-order valence-corrected chi connectivity index (χ0v) is 12.0. The lowest BCUT2D eigenvalue weighted by atomic mass is 10.1. The Balaban J connectivity index is 2.28. The summed E-state index contributed by atoms with van der Waals surface area (Å²) >= 11 is 5.88. The highest BCUT2D eigenvalue weighted by Crippen LogP contribution is 2.23. The van der Waals surface area contributed by atoms with Crippen molar-refractivity contribution in [3.63, 3.8) is 0 Å². The predicted octanol–water partition coefficient (Wildman–Crippen LogP) is 3.31. The van der Waals surface area contributed by atoms with E-state index in [0.717, 1.165) is 17.5 Å². The topological polar surface area (TPSA) is 67.5 Å². The number of aromatic carboxylic acids is 1. The molecule has 5 nitrogen and oxygen atoms in total. The van der Waals surface area contributed by atoms with E-state index in [-0.39, 0.29) is 5.69 Å². The molecule has 2 aromatic heterocycles. The lowest BCUT2D eigenvalue weighted by molar-refractivity contribution is 0.0687. The molecule has 0 aliphatic rings. The standard InChI is InChI=1S/C15H12ClN3O2/c1-2-9-8-17-19-13(15(20)21)7-12(18-14(9)19)10-3-5-11(16)6-4-10/h3-8H,2H2,1H3,(H,20,21). The Hall–Kier alpha value is -2.40. The summed E-state index contributed by atoms with van der Waals surface area (Å²) in [6, 6.07) is 8.65. The van der Waals surface area contributed by atoms with E-state index in [4.69, 9.17) is 11.6 Å². The van der Waals surface area contributed by atoms with Gasteiger partial charge in [0.15, 0.2) is 11.3 Å². The smallest absolute Gasteiger partial charge is 0.354 e. The minimum Gasteiger partial charge on any atom is -0.477 e. The molecule has 106 valence electrons. The summed E-state index contributed by atoms with van der Waals surface area (Å²) in [5.41, 5.74) is 2.97. The van der Waals surface area contributed by atoms with Gasteiger partial charge in [-0.15, -0.1) is 0 Å². The molecule has 2 heterocycles. The molecule has 0 bridgehead atoms. The Morgan fingerprint density at radius 3 is 2.67 bits per heavy atom. The second kappa shape index (κ2) is 5.18. The van der Waals surface area contributed by atoms with E-state index in [9.17, 15) is 9.90 Å². The summed E-state index contributed by atoms with van der Waals surface area (Å²) in [4.78, 5) is 16.0. The number of carboxylic acids is 1. The van der Waals surface area contributed by atoms with Crippen LogP contribution < -0.4 is 0 Å². The molecule has 0 saturated heterocycles. The molecule has 0 spiro atoms. The molecule has 0 radical (unpaired) electrons. The number of aryl methyl sites for hydroxylation is 1. The van der Waals surface area contributed by atoms with Crippen LogP contribution in [0.15, 0.2) is 36.5 Å². The summed E-state index contributed by atoms with van der Waals surface area (Å²) in [7, 11) is 0. The number of benzene rings is 1. The van der Waals surface area contributed by atoms with E-state index in [1.165, 1.54) is 10.6 Å². The Kier molecular flexibility index (Phi) is 3.35. The van der Waals surface area contributed by atoms with Gasteiger partial charge in [-0.3, -0.25) is 0 Å². The van der Waals surface area contributed by atoms with Crippen LogP contribution in [0.4, 0.5) is 0 Å². The molecule has 0 saturated carbocycles. The highest BCUT2D eigenvalue weighted by atomic mass is 35.5.